The molecule has 0 bridgehead atoms. The number of aromatic nitrogens is 2. The van der Waals surface area contributed by atoms with Gasteiger partial charge in [-0.15, -0.1) is 0 Å². The van der Waals surface area contributed by atoms with Crippen molar-refractivity contribution >= 4 is 27.0 Å². The highest BCUT2D eigenvalue weighted by Gasteiger charge is 2.03. The van der Waals surface area contributed by atoms with Crippen molar-refractivity contribution in [2.24, 2.45) is 0 Å². The van der Waals surface area contributed by atoms with Crippen molar-refractivity contribution in [1.82, 2.24) is 9.97 Å². The number of rotatable bonds is 3. The molecule has 0 atom stereocenters. The number of imidazole rings is 1. The maximum Gasteiger partial charge on any atom is 0.107 e. The van der Waals surface area contributed by atoms with Crippen LogP contribution >= 0.6 is 15.9 Å². The summed E-state index contributed by atoms with van der Waals surface area (Å²) in [6, 6.07) is 14.8. The number of fused-ring (bicyclic) bond motifs is 1. The van der Waals surface area contributed by atoms with Gasteiger partial charge in [-0.3, -0.25) is 0 Å². The molecule has 3 aromatic rings. The van der Waals surface area contributed by atoms with Crippen molar-refractivity contribution in [1.29, 1.82) is 0 Å². The highest BCUT2D eigenvalue weighted by Crippen LogP contribution is 2.18. The lowest BCUT2D eigenvalue weighted by molar-refractivity contribution is 0.889. The smallest absolute Gasteiger partial charge is 0.107 e. The van der Waals surface area contributed by atoms with E-state index in [2.05, 4.69) is 63.2 Å². The van der Waals surface area contributed by atoms with Gasteiger partial charge in [0.1, 0.15) is 5.82 Å². The SMILES string of the molecule is Cc1cccc(CCc2nc3ccc(Br)cc3[nH]2)c1. The molecule has 0 saturated carbocycles. The van der Waals surface area contributed by atoms with Crippen molar-refractivity contribution in [2.45, 2.75) is 19.8 Å². The molecular weight excluding hydrogens is 300 g/mol. The zero-order valence-electron chi connectivity index (χ0n) is 10.8. The van der Waals surface area contributed by atoms with Crippen molar-refractivity contribution in [2.75, 3.05) is 0 Å². The molecule has 2 nitrogen and oxygen atoms in total. The lowest BCUT2D eigenvalue weighted by Gasteiger charge is -2.00. The van der Waals surface area contributed by atoms with Gasteiger partial charge >= 0.3 is 0 Å². The molecule has 19 heavy (non-hydrogen) atoms. The van der Waals surface area contributed by atoms with Gasteiger partial charge in [-0.25, -0.2) is 4.98 Å². The summed E-state index contributed by atoms with van der Waals surface area (Å²) in [5.41, 5.74) is 4.80. The molecule has 0 aliphatic carbocycles. The number of nitrogens with one attached hydrogen (secondary N) is 1. The maximum absolute atomic E-state index is 4.61. The van der Waals surface area contributed by atoms with Crippen molar-refractivity contribution in [3.8, 4) is 0 Å². The van der Waals surface area contributed by atoms with E-state index in [1.54, 1.807) is 0 Å². The lowest BCUT2D eigenvalue weighted by atomic mass is 10.1. The first-order valence-electron chi connectivity index (χ1n) is 6.40. The molecule has 0 aliphatic rings. The van der Waals surface area contributed by atoms with E-state index in [0.717, 1.165) is 34.2 Å². The topological polar surface area (TPSA) is 28.7 Å². The van der Waals surface area contributed by atoms with Gasteiger partial charge in [-0.1, -0.05) is 45.8 Å². The van der Waals surface area contributed by atoms with Gasteiger partial charge in [-0.2, -0.15) is 0 Å². The second kappa shape index (κ2) is 5.17. The summed E-state index contributed by atoms with van der Waals surface area (Å²) in [6.07, 6.45) is 1.96. The lowest BCUT2D eigenvalue weighted by Crippen LogP contribution is -1.93. The Balaban J connectivity index is 1.78. The Bertz CT molecular complexity index is 716. The minimum Gasteiger partial charge on any atom is -0.342 e. The molecule has 0 amide bonds. The van der Waals surface area contributed by atoms with E-state index in [4.69, 9.17) is 0 Å². The van der Waals surface area contributed by atoms with Crippen LogP contribution < -0.4 is 0 Å². The van der Waals surface area contributed by atoms with E-state index in [1.165, 1.54) is 11.1 Å². The van der Waals surface area contributed by atoms with Crippen LogP contribution in [-0.2, 0) is 12.8 Å². The Morgan fingerprint density at radius 1 is 1.11 bits per heavy atom. The number of benzene rings is 2. The van der Waals surface area contributed by atoms with Gasteiger partial charge in [0.05, 0.1) is 11.0 Å². The van der Waals surface area contributed by atoms with Gasteiger partial charge in [0.2, 0.25) is 0 Å². The summed E-state index contributed by atoms with van der Waals surface area (Å²) < 4.78 is 1.08. The molecule has 0 radical (unpaired) electrons. The predicted molar refractivity (Wildman–Crippen MR) is 82.4 cm³/mol. The molecule has 1 heterocycles. The normalized spacial score (nSPS) is 11.1. The molecule has 0 unspecified atom stereocenters. The van der Waals surface area contributed by atoms with E-state index in [-0.39, 0.29) is 0 Å². The van der Waals surface area contributed by atoms with Gasteiger partial charge < -0.3 is 4.98 Å². The summed E-state index contributed by atoms with van der Waals surface area (Å²) >= 11 is 3.48. The average molecular weight is 315 g/mol. The maximum atomic E-state index is 4.61. The molecule has 1 N–H and O–H groups in total. The van der Waals surface area contributed by atoms with Crippen LogP contribution in [0.2, 0.25) is 0 Å². The highest BCUT2D eigenvalue weighted by molar-refractivity contribution is 9.10. The van der Waals surface area contributed by atoms with Gasteiger partial charge in [-0.05, 0) is 37.1 Å². The first kappa shape index (κ1) is 12.4. The van der Waals surface area contributed by atoms with E-state index in [9.17, 15) is 0 Å². The summed E-state index contributed by atoms with van der Waals surface area (Å²) in [5.74, 6) is 1.05. The van der Waals surface area contributed by atoms with E-state index in [1.807, 2.05) is 12.1 Å². The van der Waals surface area contributed by atoms with Crippen molar-refractivity contribution < 1.29 is 0 Å². The molecule has 3 rings (SSSR count). The van der Waals surface area contributed by atoms with Crippen LogP contribution in [0.15, 0.2) is 46.9 Å². The standard InChI is InChI=1S/C16H15BrN2/c1-11-3-2-4-12(9-11)5-8-16-18-14-7-6-13(17)10-15(14)19-16/h2-4,6-7,9-10H,5,8H2,1H3,(H,18,19). The largest absolute Gasteiger partial charge is 0.342 e. The van der Waals surface area contributed by atoms with Crippen LogP contribution in [0.3, 0.4) is 0 Å². The van der Waals surface area contributed by atoms with Crippen LogP contribution in [0, 0.1) is 6.92 Å². The third-order valence-electron chi connectivity index (χ3n) is 3.23. The van der Waals surface area contributed by atoms with Gasteiger partial charge in [0.15, 0.2) is 0 Å². The number of halogens is 1. The Hall–Kier alpha value is -1.61. The van der Waals surface area contributed by atoms with Gasteiger partial charge in [0, 0.05) is 10.9 Å². The van der Waals surface area contributed by atoms with E-state index in [0.29, 0.717) is 0 Å². The van der Waals surface area contributed by atoms with E-state index >= 15 is 0 Å². The fraction of sp³-hybridized carbons (Fsp3) is 0.188. The molecule has 0 saturated heterocycles. The molecule has 96 valence electrons. The molecule has 0 fully saturated rings. The van der Waals surface area contributed by atoms with Crippen LogP contribution in [-0.4, -0.2) is 9.97 Å². The van der Waals surface area contributed by atoms with Crippen LogP contribution in [0.4, 0.5) is 0 Å². The summed E-state index contributed by atoms with van der Waals surface area (Å²) in [5, 5.41) is 0. The quantitative estimate of drug-likeness (QED) is 0.761. The monoisotopic (exact) mass is 314 g/mol. The van der Waals surface area contributed by atoms with Crippen LogP contribution in [0.5, 0.6) is 0 Å². The first-order chi connectivity index (χ1) is 9.20. The molecule has 2 aromatic carbocycles. The number of aryl methyl sites for hydroxylation is 3. The fourth-order valence-electron chi connectivity index (χ4n) is 2.28. The zero-order valence-corrected chi connectivity index (χ0v) is 12.4. The summed E-state index contributed by atoms with van der Waals surface area (Å²) in [7, 11) is 0. The third kappa shape index (κ3) is 2.87. The Morgan fingerprint density at radius 2 is 2.00 bits per heavy atom. The van der Waals surface area contributed by atoms with Gasteiger partial charge in [0.25, 0.3) is 0 Å². The van der Waals surface area contributed by atoms with Crippen molar-refractivity contribution in [3.05, 3.63) is 63.9 Å². The predicted octanol–water partition coefficient (Wildman–Crippen LogP) is 4.42. The zero-order chi connectivity index (χ0) is 13.2. The fourth-order valence-corrected chi connectivity index (χ4v) is 2.64. The first-order valence-corrected chi connectivity index (χ1v) is 7.20. The average Bonchev–Trinajstić information content (AvgIpc) is 2.78. The number of aromatic amines is 1. The number of H-pyrrole nitrogens is 1. The Labute approximate surface area is 121 Å². The Kier molecular flexibility index (Phi) is 3.38. The van der Waals surface area contributed by atoms with E-state index < -0.39 is 0 Å². The molecule has 3 heteroatoms. The number of nitrogens with zero attached hydrogens (tertiary/aromatic N) is 1. The summed E-state index contributed by atoms with van der Waals surface area (Å²) in [6.45, 7) is 2.13. The van der Waals surface area contributed by atoms with Crippen LogP contribution in [0.1, 0.15) is 17.0 Å². The molecule has 0 spiro atoms. The summed E-state index contributed by atoms with van der Waals surface area (Å²) in [4.78, 5) is 8.00. The number of hydrogen-bond acceptors (Lipinski definition) is 1. The molecule has 1 aromatic heterocycles. The molecular formula is C16H15BrN2. The highest BCUT2D eigenvalue weighted by atomic mass is 79.9. The minimum absolute atomic E-state index is 0.940. The second-order valence-electron chi connectivity index (χ2n) is 4.83. The minimum atomic E-state index is 0.940. The van der Waals surface area contributed by atoms with Crippen molar-refractivity contribution in [3.63, 3.8) is 0 Å². The second-order valence-corrected chi connectivity index (χ2v) is 5.75. The number of hydrogen-bond donors (Lipinski definition) is 1. The van der Waals surface area contributed by atoms with Crippen LogP contribution in [0.25, 0.3) is 11.0 Å². The Morgan fingerprint density at radius 3 is 2.84 bits per heavy atom. The third-order valence-corrected chi connectivity index (χ3v) is 3.72. The molecule has 0 aliphatic heterocycles.